The lowest BCUT2D eigenvalue weighted by Gasteiger charge is -2.20. The molecule has 1 saturated carbocycles. The number of nitrogens with two attached hydrogens (primary N) is 1. The number of benzene rings is 2. The van der Waals surface area contributed by atoms with Gasteiger partial charge in [0.05, 0.1) is 29.2 Å². The normalized spacial score (nSPS) is 16.6. The number of anilines is 1. The van der Waals surface area contributed by atoms with Crippen molar-refractivity contribution in [1.82, 2.24) is 4.31 Å². The fraction of sp³-hybridized carbons (Fsp3) is 0.448. The largest absolute Gasteiger partial charge is 0.491 e. The third kappa shape index (κ3) is 12.0. The summed E-state index contributed by atoms with van der Waals surface area (Å²) in [7, 11) is -1.27. The Balaban J connectivity index is 0.000000332. The first-order chi connectivity index (χ1) is 18.6. The number of alkyl halides is 1. The van der Waals surface area contributed by atoms with Gasteiger partial charge in [0.25, 0.3) is 0 Å². The van der Waals surface area contributed by atoms with E-state index in [4.69, 9.17) is 21.0 Å². The maximum atomic E-state index is 12.8. The van der Waals surface area contributed by atoms with Gasteiger partial charge in [-0.25, -0.2) is 17.3 Å². The van der Waals surface area contributed by atoms with Crippen molar-refractivity contribution in [1.29, 1.82) is 5.41 Å². The minimum Gasteiger partial charge on any atom is -0.491 e. The van der Waals surface area contributed by atoms with Crippen molar-refractivity contribution >= 4 is 28.4 Å². The van der Waals surface area contributed by atoms with Crippen LogP contribution in [0.1, 0.15) is 64.4 Å². The number of nitrogens with zero attached hydrogens (tertiary/aromatic N) is 1. The van der Waals surface area contributed by atoms with Crippen LogP contribution >= 0.6 is 0 Å². The summed E-state index contributed by atoms with van der Waals surface area (Å²) in [6, 6.07) is 10.5. The van der Waals surface area contributed by atoms with E-state index < -0.39 is 35.9 Å². The molecular weight excluding hydrogens is 524 g/mol. The standard InChI is InChI=1S/C14H20FNO2S.C9H9FN2O2.C4H8.C2H2/c1-11(2)18-13-5-7-14(8-6-13)19(17)16-9-3-4-12(16)10-15;10-5-1-2-6(7(11)3-5)8(12)4-9(13)14;1-2-4-3-1;1-2/h5-8,11-12H,3-4,9-10H2,1-2H3;1-3,12H,4,11H2,(H,13,14);1-4H2;1-2H/t12-,19?;;;/m0.../s1. The summed E-state index contributed by atoms with van der Waals surface area (Å²) in [5.74, 6) is -0.854. The summed E-state index contributed by atoms with van der Waals surface area (Å²) in [5.41, 5.74) is 5.63. The Morgan fingerprint density at radius 1 is 1.15 bits per heavy atom. The molecule has 2 fully saturated rings. The van der Waals surface area contributed by atoms with Crippen LogP contribution in [0, 0.1) is 24.1 Å². The first-order valence-corrected chi connectivity index (χ1v) is 13.9. The topological polar surface area (TPSA) is 117 Å². The second-order valence-corrected chi connectivity index (χ2v) is 10.6. The van der Waals surface area contributed by atoms with Gasteiger partial charge in [0, 0.05) is 17.8 Å². The maximum Gasteiger partial charge on any atom is 0.309 e. The van der Waals surface area contributed by atoms with E-state index in [1.807, 2.05) is 26.0 Å². The molecule has 2 aromatic rings. The molecule has 1 aliphatic heterocycles. The van der Waals surface area contributed by atoms with E-state index in [9.17, 15) is 17.8 Å². The Kier molecular flexibility index (Phi) is 15.6. The zero-order chi connectivity index (χ0) is 29.4. The predicted molar refractivity (Wildman–Crippen MR) is 153 cm³/mol. The van der Waals surface area contributed by atoms with Crippen LogP contribution in [0.5, 0.6) is 5.75 Å². The number of ether oxygens (including phenoxy) is 1. The summed E-state index contributed by atoms with van der Waals surface area (Å²) in [6.07, 6.45) is 15.4. The molecule has 0 spiro atoms. The Morgan fingerprint density at radius 3 is 2.21 bits per heavy atom. The van der Waals surface area contributed by atoms with Crippen molar-refractivity contribution < 1.29 is 27.6 Å². The van der Waals surface area contributed by atoms with Crippen molar-refractivity contribution in [3.63, 3.8) is 0 Å². The van der Waals surface area contributed by atoms with Crippen molar-refractivity contribution in [2.75, 3.05) is 19.0 Å². The number of nitrogens with one attached hydrogen (secondary N) is 1. The van der Waals surface area contributed by atoms with Gasteiger partial charge in [0.2, 0.25) is 0 Å². The summed E-state index contributed by atoms with van der Waals surface area (Å²) < 4.78 is 45.1. The molecule has 214 valence electrons. The Labute approximate surface area is 232 Å². The molecule has 39 heavy (non-hydrogen) atoms. The molecule has 2 atom stereocenters. The van der Waals surface area contributed by atoms with Gasteiger partial charge < -0.3 is 21.0 Å². The van der Waals surface area contributed by atoms with Crippen LogP contribution in [-0.2, 0) is 15.8 Å². The number of aliphatic carboxylic acids is 1. The fourth-order valence-electron chi connectivity index (χ4n) is 3.53. The minimum absolute atomic E-state index is 0.0799. The SMILES string of the molecule is C#C.C1CCC1.CC(C)Oc1ccc(S(=O)N2CCC[C@H]2CF)cc1.N=C(CC(=O)O)c1ccc(F)cc1N. The Hall–Kier alpha value is -3.29. The van der Waals surface area contributed by atoms with Crippen LogP contribution in [0.3, 0.4) is 0 Å². The smallest absolute Gasteiger partial charge is 0.309 e. The fourth-order valence-corrected chi connectivity index (χ4v) is 4.90. The Morgan fingerprint density at radius 2 is 1.74 bits per heavy atom. The average molecular weight is 564 g/mol. The number of halogens is 2. The molecule has 0 amide bonds. The third-order valence-electron chi connectivity index (χ3n) is 5.78. The lowest BCUT2D eigenvalue weighted by atomic mass is 10.0. The van der Waals surface area contributed by atoms with Gasteiger partial charge in [-0.3, -0.25) is 4.79 Å². The van der Waals surface area contributed by atoms with Crippen molar-refractivity contribution in [3.05, 3.63) is 53.8 Å². The van der Waals surface area contributed by atoms with E-state index in [2.05, 4.69) is 12.8 Å². The van der Waals surface area contributed by atoms with Crippen molar-refractivity contribution in [3.8, 4) is 18.6 Å². The van der Waals surface area contributed by atoms with Gasteiger partial charge in [-0.05, 0) is 69.2 Å². The number of rotatable bonds is 8. The number of terminal acetylenes is 1. The third-order valence-corrected chi connectivity index (χ3v) is 7.36. The zero-order valence-electron chi connectivity index (χ0n) is 22.6. The van der Waals surface area contributed by atoms with Crippen LogP contribution in [0.25, 0.3) is 0 Å². The highest BCUT2D eigenvalue weighted by molar-refractivity contribution is 7.82. The van der Waals surface area contributed by atoms with Crippen LogP contribution in [-0.4, -0.2) is 50.7 Å². The van der Waals surface area contributed by atoms with E-state index in [1.54, 1.807) is 16.4 Å². The lowest BCUT2D eigenvalue weighted by Crippen LogP contribution is -2.32. The highest BCUT2D eigenvalue weighted by atomic mass is 32.2. The van der Waals surface area contributed by atoms with E-state index in [1.165, 1.54) is 31.7 Å². The van der Waals surface area contributed by atoms with Gasteiger partial charge in [-0.2, -0.15) is 0 Å². The molecule has 2 aliphatic rings. The zero-order valence-corrected chi connectivity index (χ0v) is 23.4. The second kappa shape index (κ2) is 18.1. The van der Waals surface area contributed by atoms with Gasteiger partial charge in [-0.1, -0.05) is 25.7 Å². The average Bonchev–Trinajstić information content (AvgIpc) is 3.33. The molecule has 1 aliphatic carbocycles. The molecule has 10 heteroatoms. The molecule has 4 rings (SSSR count). The van der Waals surface area contributed by atoms with Gasteiger partial charge in [0.15, 0.2) is 0 Å². The monoisotopic (exact) mass is 563 g/mol. The molecule has 1 saturated heterocycles. The number of carbonyl (C=O) groups is 1. The van der Waals surface area contributed by atoms with Crippen LogP contribution in [0.4, 0.5) is 14.5 Å². The Bertz CT molecular complexity index is 1090. The second-order valence-electron chi connectivity index (χ2n) is 9.17. The summed E-state index contributed by atoms with van der Waals surface area (Å²) >= 11 is 0. The lowest BCUT2D eigenvalue weighted by molar-refractivity contribution is -0.135. The van der Waals surface area contributed by atoms with E-state index in [0.29, 0.717) is 11.4 Å². The van der Waals surface area contributed by atoms with E-state index in [-0.39, 0.29) is 29.1 Å². The maximum absolute atomic E-state index is 12.8. The quantitative estimate of drug-likeness (QED) is 0.207. The summed E-state index contributed by atoms with van der Waals surface area (Å²) in [4.78, 5) is 11.0. The van der Waals surface area contributed by atoms with Crippen molar-refractivity contribution in [2.24, 2.45) is 0 Å². The van der Waals surface area contributed by atoms with Crippen LogP contribution in [0.2, 0.25) is 0 Å². The van der Waals surface area contributed by atoms with Crippen LogP contribution in [0.15, 0.2) is 47.4 Å². The number of nitrogen functional groups attached to an aromatic ring is 1. The number of hydrogen-bond donors (Lipinski definition) is 3. The summed E-state index contributed by atoms with van der Waals surface area (Å²) in [5, 5.41) is 15.8. The predicted octanol–water partition coefficient (Wildman–Crippen LogP) is 5.99. The molecule has 0 aromatic heterocycles. The molecule has 4 N–H and O–H groups in total. The highest BCUT2D eigenvalue weighted by Gasteiger charge is 2.29. The molecular formula is C29H39F2N3O4S. The molecule has 7 nitrogen and oxygen atoms in total. The van der Waals surface area contributed by atoms with E-state index in [0.717, 1.165) is 30.7 Å². The number of carboxylic acid groups (broad SMARTS) is 1. The molecule has 2 aromatic carbocycles. The minimum atomic E-state index is -1.27. The van der Waals surface area contributed by atoms with Crippen molar-refractivity contribution in [2.45, 2.75) is 75.8 Å². The molecule has 0 radical (unpaired) electrons. The van der Waals surface area contributed by atoms with E-state index >= 15 is 0 Å². The van der Waals surface area contributed by atoms with Crippen LogP contribution < -0.4 is 10.5 Å². The summed E-state index contributed by atoms with van der Waals surface area (Å²) in [6.45, 7) is 4.19. The number of hydrogen-bond acceptors (Lipinski definition) is 5. The number of carboxylic acids is 1. The molecule has 1 unspecified atom stereocenters. The first-order valence-electron chi connectivity index (χ1n) is 12.8. The first kappa shape index (κ1) is 33.7. The molecule has 1 heterocycles. The highest BCUT2D eigenvalue weighted by Crippen LogP contribution is 2.25. The van der Waals surface area contributed by atoms with Gasteiger partial charge in [0.1, 0.15) is 29.2 Å². The van der Waals surface area contributed by atoms with Gasteiger partial charge in [-0.15, -0.1) is 12.8 Å². The molecule has 0 bridgehead atoms. The van der Waals surface area contributed by atoms with Gasteiger partial charge >= 0.3 is 5.97 Å².